The third-order valence-corrected chi connectivity index (χ3v) is 2.14. The predicted molar refractivity (Wildman–Crippen MR) is 61.7 cm³/mol. The van der Waals surface area contributed by atoms with Crippen LogP contribution < -0.4 is 10.1 Å². The number of hydrogen-bond acceptors (Lipinski definition) is 4. The van der Waals surface area contributed by atoms with E-state index in [-0.39, 0.29) is 18.2 Å². The molecule has 1 heterocycles. The van der Waals surface area contributed by atoms with Gasteiger partial charge in [-0.2, -0.15) is 13.9 Å². The summed E-state index contributed by atoms with van der Waals surface area (Å²) in [6.45, 7) is -2.84. The fourth-order valence-electron chi connectivity index (χ4n) is 1.38. The molecule has 0 aliphatic carbocycles. The molecule has 8 heteroatoms. The summed E-state index contributed by atoms with van der Waals surface area (Å²) < 4.78 is 29.4. The maximum absolute atomic E-state index is 11.9. The minimum absolute atomic E-state index is 0.0231. The van der Waals surface area contributed by atoms with Crippen molar-refractivity contribution in [2.24, 2.45) is 0 Å². The van der Waals surface area contributed by atoms with Gasteiger partial charge in [0.15, 0.2) is 0 Å². The predicted octanol–water partition coefficient (Wildman–Crippen LogP) is 1.52. The number of rotatable bonds is 5. The average molecular weight is 268 g/mol. The van der Waals surface area contributed by atoms with Gasteiger partial charge in [-0.25, -0.2) is 9.67 Å². The molecule has 1 N–H and O–H groups in total. The summed E-state index contributed by atoms with van der Waals surface area (Å²) in [4.78, 5) is 15.3. The van der Waals surface area contributed by atoms with E-state index >= 15 is 0 Å². The highest BCUT2D eigenvalue weighted by molar-refractivity contribution is 5.90. The van der Waals surface area contributed by atoms with E-state index in [1.807, 2.05) is 0 Å². The van der Waals surface area contributed by atoms with Gasteiger partial charge in [0.2, 0.25) is 5.91 Å². The summed E-state index contributed by atoms with van der Waals surface area (Å²) in [6.07, 6.45) is 2.74. The zero-order valence-corrected chi connectivity index (χ0v) is 9.66. The van der Waals surface area contributed by atoms with Gasteiger partial charge >= 0.3 is 6.61 Å². The number of amides is 1. The Bertz CT molecular complexity index is 528. The van der Waals surface area contributed by atoms with Gasteiger partial charge in [-0.1, -0.05) is 0 Å². The maximum Gasteiger partial charge on any atom is 0.387 e. The zero-order valence-electron chi connectivity index (χ0n) is 9.66. The lowest BCUT2D eigenvalue weighted by atomic mass is 10.3. The number of ether oxygens (including phenoxy) is 1. The number of anilines is 1. The highest BCUT2D eigenvalue weighted by Crippen LogP contribution is 2.17. The molecule has 0 saturated carbocycles. The fourth-order valence-corrected chi connectivity index (χ4v) is 1.38. The third-order valence-electron chi connectivity index (χ3n) is 2.14. The number of carbonyl (C=O) groups excluding carboxylic acids is 1. The normalized spacial score (nSPS) is 10.5. The fraction of sp³-hybridized carbons (Fsp3) is 0.182. The SMILES string of the molecule is O=C(Cn1cncn1)Nc1ccc(OC(F)F)cc1. The highest BCUT2D eigenvalue weighted by atomic mass is 19.3. The first-order valence-electron chi connectivity index (χ1n) is 5.30. The first kappa shape index (κ1) is 12.9. The molecule has 0 saturated heterocycles. The van der Waals surface area contributed by atoms with Gasteiger partial charge in [-0.3, -0.25) is 4.79 Å². The Labute approximate surface area is 107 Å². The van der Waals surface area contributed by atoms with Crippen LogP contribution in [0.15, 0.2) is 36.9 Å². The minimum atomic E-state index is -2.87. The van der Waals surface area contributed by atoms with Gasteiger partial charge in [0.1, 0.15) is 24.9 Å². The molecule has 1 amide bonds. The van der Waals surface area contributed by atoms with Crippen LogP contribution in [-0.2, 0) is 11.3 Å². The summed E-state index contributed by atoms with van der Waals surface area (Å²) in [6, 6.07) is 5.63. The van der Waals surface area contributed by atoms with Crippen LogP contribution in [0, 0.1) is 0 Å². The second kappa shape index (κ2) is 5.89. The van der Waals surface area contributed by atoms with Gasteiger partial charge in [-0.05, 0) is 24.3 Å². The number of benzene rings is 1. The molecule has 0 bridgehead atoms. The van der Waals surface area contributed by atoms with E-state index in [0.717, 1.165) is 0 Å². The third kappa shape index (κ3) is 4.02. The zero-order chi connectivity index (χ0) is 13.7. The van der Waals surface area contributed by atoms with Crippen LogP contribution in [0.4, 0.5) is 14.5 Å². The number of hydrogen-bond donors (Lipinski definition) is 1. The van der Waals surface area contributed by atoms with Crippen molar-refractivity contribution in [2.75, 3.05) is 5.32 Å². The van der Waals surface area contributed by atoms with Crippen LogP contribution in [-0.4, -0.2) is 27.3 Å². The Hall–Kier alpha value is -2.51. The van der Waals surface area contributed by atoms with Crippen molar-refractivity contribution in [2.45, 2.75) is 13.2 Å². The second-order valence-electron chi connectivity index (χ2n) is 3.54. The molecular weight excluding hydrogens is 258 g/mol. The molecule has 0 radical (unpaired) electrons. The molecule has 2 rings (SSSR count). The first-order chi connectivity index (χ1) is 9.13. The van der Waals surface area contributed by atoms with E-state index < -0.39 is 6.61 Å². The second-order valence-corrected chi connectivity index (χ2v) is 3.54. The van der Waals surface area contributed by atoms with E-state index in [4.69, 9.17) is 0 Å². The van der Waals surface area contributed by atoms with Crippen LogP contribution in [0.3, 0.4) is 0 Å². The Balaban J connectivity index is 1.90. The van der Waals surface area contributed by atoms with E-state index in [0.29, 0.717) is 5.69 Å². The molecule has 1 aromatic carbocycles. The van der Waals surface area contributed by atoms with Gasteiger partial charge in [-0.15, -0.1) is 0 Å². The van der Waals surface area contributed by atoms with Crippen molar-refractivity contribution >= 4 is 11.6 Å². The Morgan fingerprint density at radius 1 is 1.37 bits per heavy atom. The van der Waals surface area contributed by atoms with Gasteiger partial charge in [0.25, 0.3) is 0 Å². The van der Waals surface area contributed by atoms with Crippen LogP contribution in [0.5, 0.6) is 5.75 Å². The number of alkyl halides is 2. The van der Waals surface area contributed by atoms with E-state index in [1.165, 1.54) is 41.6 Å². The van der Waals surface area contributed by atoms with Crippen molar-refractivity contribution in [1.82, 2.24) is 14.8 Å². The topological polar surface area (TPSA) is 69.0 Å². The minimum Gasteiger partial charge on any atom is -0.435 e. The number of carbonyl (C=O) groups is 1. The molecule has 0 spiro atoms. The van der Waals surface area contributed by atoms with Gasteiger partial charge in [0.05, 0.1) is 0 Å². The maximum atomic E-state index is 11.9. The Morgan fingerprint density at radius 3 is 2.68 bits per heavy atom. The van der Waals surface area contributed by atoms with E-state index in [1.54, 1.807) is 0 Å². The van der Waals surface area contributed by atoms with Gasteiger partial charge < -0.3 is 10.1 Å². The summed E-state index contributed by atoms with van der Waals surface area (Å²) in [5.74, 6) is -0.266. The largest absolute Gasteiger partial charge is 0.435 e. The van der Waals surface area contributed by atoms with E-state index in [2.05, 4.69) is 20.1 Å². The molecule has 2 aromatic rings. The van der Waals surface area contributed by atoms with E-state index in [9.17, 15) is 13.6 Å². The lowest BCUT2D eigenvalue weighted by molar-refractivity contribution is -0.116. The molecule has 19 heavy (non-hydrogen) atoms. The standard InChI is InChI=1S/C11H10F2N4O2/c12-11(13)19-9-3-1-8(2-4-9)16-10(18)5-17-7-14-6-15-17/h1-4,6-7,11H,5H2,(H,16,18). The summed E-state index contributed by atoms with van der Waals surface area (Å²) in [5, 5.41) is 6.38. The summed E-state index contributed by atoms with van der Waals surface area (Å²) in [7, 11) is 0. The van der Waals surface area contributed by atoms with Crippen LogP contribution in [0.2, 0.25) is 0 Å². The number of nitrogens with zero attached hydrogens (tertiary/aromatic N) is 3. The number of nitrogens with one attached hydrogen (secondary N) is 1. The molecule has 0 fully saturated rings. The van der Waals surface area contributed by atoms with Gasteiger partial charge in [0, 0.05) is 5.69 Å². The summed E-state index contributed by atoms with van der Waals surface area (Å²) >= 11 is 0. The number of halogens is 2. The van der Waals surface area contributed by atoms with Crippen LogP contribution in [0.1, 0.15) is 0 Å². The average Bonchev–Trinajstić information content (AvgIpc) is 2.83. The highest BCUT2D eigenvalue weighted by Gasteiger charge is 2.06. The molecule has 0 atom stereocenters. The lowest BCUT2D eigenvalue weighted by Gasteiger charge is -2.07. The molecule has 100 valence electrons. The molecule has 0 unspecified atom stereocenters. The quantitative estimate of drug-likeness (QED) is 0.892. The molecule has 1 aromatic heterocycles. The molecule has 0 aliphatic heterocycles. The number of aromatic nitrogens is 3. The monoisotopic (exact) mass is 268 g/mol. The Morgan fingerprint density at radius 2 is 2.11 bits per heavy atom. The first-order valence-corrected chi connectivity index (χ1v) is 5.30. The molecule has 6 nitrogen and oxygen atoms in total. The summed E-state index contributed by atoms with van der Waals surface area (Å²) in [5.41, 5.74) is 0.478. The van der Waals surface area contributed by atoms with Crippen molar-refractivity contribution in [3.05, 3.63) is 36.9 Å². The molecular formula is C11H10F2N4O2. The molecule has 0 aliphatic rings. The Kier molecular flexibility index (Phi) is 4.01. The van der Waals surface area contributed by atoms with Crippen molar-refractivity contribution in [1.29, 1.82) is 0 Å². The van der Waals surface area contributed by atoms with Crippen LogP contribution >= 0.6 is 0 Å². The van der Waals surface area contributed by atoms with Crippen molar-refractivity contribution in [3.63, 3.8) is 0 Å². The smallest absolute Gasteiger partial charge is 0.387 e. The van der Waals surface area contributed by atoms with Crippen molar-refractivity contribution in [3.8, 4) is 5.75 Å². The lowest BCUT2D eigenvalue weighted by Crippen LogP contribution is -2.18. The van der Waals surface area contributed by atoms with Crippen molar-refractivity contribution < 1.29 is 18.3 Å². The van der Waals surface area contributed by atoms with Crippen LogP contribution in [0.25, 0.3) is 0 Å².